The predicted molar refractivity (Wildman–Crippen MR) is 165 cm³/mol. The van der Waals surface area contributed by atoms with E-state index in [1.54, 1.807) is 0 Å². The molecule has 8 aromatic rings. The lowest BCUT2D eigenvalue weighted by atomic mass is 9.97. The van der Waals surface area contributed by atoms with Crippen LogP contribution in [0, 0.1) is 6.92 Å². The average Bonchev–Trinajstić information content (AvgIpc) is 3.51. The van der Waals surface area contributed by atoms with Gasteiger partial charge in [0.2, 0.25) is 0 Å². The van der Waals surface area contributed by atoms with Crippen LogP contribution in [0.3, 0.4) is 0 Å². The topological polar surface area (TPSA) is 9.86 Å². The molecule has 0 spiro atoms. The summed E-state index contributed by atoms with van der Waals surface area (Å²) in [7, 11) is 0. The molecule has 2 heteroatoms. The van der Waals surface area contributed by atoms with Gasteiger partial charge in [0, 0.05) is 32.8 Å². The molecule has 0 saturated carbocycles. The minimum Gasteiger partial charge on any atom is -0.309 e. The van der Waals surface area contributed by atoms with Crippen LogP contribution in [0.15, 0.2) is 140 Å². The summed E-state index contributed by atoms with van der Waals surface area (Å²) in [5.41, 5.74) is 11.0. The zero-order valence-electron chi connectivity index (χ0n) is 21.7. The number of benzene rings is 6. The second kappa shape index (κ2) is 8.47. The Morgan fingerprint density at radius 3 is 1.21 bits per heavy atom. The summed E-state index contributed by atoms with van der Waals surface area (Å²) >= 11 is 0. The highest BCUT2D eigenvalue weighted by molar-refractivity contribution is 6.10. The Kier molecular flexibility index (Phi) is 4.77. The molecule has 0 aliphatic rings. The quantitative estimate of drug-likeness (QED) is 0.229. The van der Waals surface area contributed by atoms with Crippen molar-refractivity contribution in [2.45, 2.75) is 6.92 Å². The minimum atomic E-state index is 1.19. The Morgan fingerprint density at radius 2 is 0.692 bits per heavy atom. The van der Waals surface area contributed by atoms with Crippen molar-refractivity contribution in [3.05, 3.63) is 145 Å². The lowest BCUT2D eigenvalue weighted by Crippen LogP contribution is -2.01. The summed E-state index contributed by atoms with van der Waals surface area (Å²) in [5.74, 6) is 0. The highest BCUT2D eigenvalue weighted by Crippen LogP contribution is 2.39. The van der Waals surface area contributed by atoms with E-state index in [0.717, 1.165) is 0 Å². The Balaban J connectivity index is 1.42. The van der Waals surface area contributed by atoms with E-state index in [9.17, 15) is 0 Å². The second-order valence-electron chi connectivity index (χ2n) is 10.2. The van der Waals surface area contributed by atoms with Gasteiger partial charge in [-0.1, -0.05) is 103 Å². The molecule has 2 heterocycles. The highest BCUT2D eigenvalue weighted by Gasteiger charge is 2.18. The van der Waals surface area contributed by atoms with Gasteiger partial charge in [0.15, 0.2) is 0 Å². The van der Waals surface area contributed by atoms with Crippen LogP contribution in [0.1, 0.15) is 5.56 Å². The fraction of sp³-hybridized carbons (Fsp3) is 0.0270. The molecule has 0 unspecified atom stereocenters. The van der Waals surface area contributed by atoms with Gasteiger partial charge < -0.3 is 9.13 Å². The van der Waals surface area contributed by atoms with E-state index in [4.69, 9.17) is 0 Å². The van der Waals surface area contributed by atoms with Crippen molar-refractivity contribution in [2.24, 2.45) is 0 Å². The lowest BCUT2D eigenvalue weighted by molar-refractivity contribution is 1.14. The van der Waals surface area contributed by atoms with E-state index >= 15 is 0 Å². The molecule has 0 N–H and O–H groups in total. The number of aromatic nitrogens is 2. The molecule has 0 saturated heterocycles. The van der Waals surface area contributed by atoms with Crippen molar-refractivity contribution >= 4 is 43.6 Å². The molecule has 39 heavy (non-hydrogen) atoms. The molecule has 0 atom stereocenters. The summed E-state index contributed by atoms with van der Waals surface area (Å²) < 4.78 is 4.85. The van der Waals surface area contributed by atoms with Crippen LogP contribution in [0.25, 0.3) is 66.1 Å². The Labute approximate surface area is 227 Å². The SMILES string of the molecule is Cc1c(-c2ccccc2-n2c3ccccc3c3ccccc32)cccc1-n1c2ccccc2c2ccccc21. The first-order valence-corrected chi connectivity index (χ1v) is 13.5. The van der Waals surface area contributed by atoms with Crippen molar-refractivity contribution < 1.29 is 0 Å². The van der Waals surface area contributed by atoms with Gasteiger partial charge in [-0.3, -0.25) is 0 Å². The number of nitrogens with zero attached hydrogens (tertiary/aromatic N) is 2. The van der Waals surface area contributed by atoms with Crippen molar-refractivity contribution in [3.8, 4) is 22.5 Å². The zero-order chi connectivity index (χ0) is 25.9. The number of hydrogen-bond acceptors (Lipinski definition) is 0. The standard InChI is InChI=1S/C37H26N2/c1-25-26(18-12-24-32(25)38-34-20-8-3-14-28(34)29-15-4-9-21-35(29)38)27-13-2-7-19-33(27)39-36-22-10-5-16-30(36)31-17-6-11-23-37(31)39/h2-24H,1H3. The third-order valence-electron chi connectivity index (χ3n) is 8.14. The van der Waals surface area contributed by atoms with Crippen LogP contribution in [-0.2, 0) is 0 Å². The van der Waals surface area contributed by atoms with E-state index in [2.05, 4.69) is 156 Å². The Hall–Kier alpha value is -5.08. The monoisotopic (exact) mass is 498 g/mol. The number of rotatable bonds is 3. The summed E-state index contributed by atoms with van der Waals surface area (Å²) in [6.45, 7) is 2.26. The maximum atomic E-state index is 2.42. The molecule has 0 fully saturated rings. The molecule has 2 aromatic heterocycles. The van der Waals surface area contributed by atoms with E-state index in [1.807, 2.05) is 0 Å². The van der Waals surface area contributed by atoms with Gasteiger partial charge in [0.05, 0.1) is 27.8 Å². The van der Waals surface area contributed by atoms with Gasteiger partial charge >= 0.3 is 0 Å². The van der Waals surface area contributed by atoms with Gasteiger partial charge in [-0.25, -0.2) is 0 Å². The maximum absolute atomic E-state index is 2.42. The fourth-order valence-corrected chi connectivity index (χ4v) is 6.42. The van der Waals surface area contributed by atoms with Crippen LogP contribution in [0.5, 0.6) is 0 Å². The van der Waals surface area contributed by atoms with Gasteiger partial charge in [-0.05, 0) is 54.4 Å². The van der Waals surface area contributed by atoms with E-state index < -0.39 is 0 Å². The molecule has 0 bridgehead atoms. The normalized spacial score (nSPS) is 11.7. The van der Waals surface area contributed by atoms with E-state index in [1.165, 1.54) is 71.7 Å². The van der Waals surface area contributed by atoms with Gasteiger partial charge in [0.25, 0.3) is 0 Å². The smallest absolute Gasteiger partial charge is 0.0541 e. The average molecular weight is 499 g/mol. The second-order valence-corrected chi connectivity index (χ2v) is 10.2. The first-order valence-electron chi connectivity index (χ1n) is 13.5. The van der Waals surface area contributed by atoms with Crippen LogP contribution in [-0.4, -0.2) is 9.13 Å². The Bertz CT molecular complexity index is 2090. The third kappa shape index (κ3) is 3.15. The maximum Gasteiger partial charge on any atom is 0.0541 e. The van der Waals surface area contributed by atoms with E-state index in [-0.39, 0.29) is 0 Å². The van der Waals surface area contributed by atoms with Crippen LogP contribution < -0.4 is 0 Å². The molecule has 184 valence electrons. The molecular formula is C37H26N2. The Morgan fingerprint density at radius 1 is 0.333 bits per heavy atom. The zero-order valence-corrected chi connectivity index (χ0v) is 21.7. The number of para-hydroxylation sites is 5. The van der Waals surface area contributed by atoms with Crippen molar-refractivity contribution in [1.29, 1.82) is 0 Å². The first-order chi connectivity index (χ1) is 19.3. The number of fused-ring (bicyclic) bond motifs is 6. The summed E-state index contributed by atoms with van der Waals surface area (Å²) in [6.07, 6.45) is 0. The van der Waals surface area contributed by atoms with Crippen LogP contribution >= 0.6 is 0 Å². The molecule has 6 aromatic carbocycles. The van der Waals surface area contributed by atoms with Crippen LogP contribution in [0.4, 0.5) is 0 Å². The van der Waals surface area contributed by atoms with Crippen LogP contribution in [0.2, 0.25) is 0 Å². The molecular weight excluding hydrogens is 472 g/mol. The highest BCUT2D eigenvalue weighted by atomic mass is 15.0. The van der Waals surface area contributed by atoms with Crippen molar-refractivity contribution in [2.75, 3.05) is 0 Å². The lowest BCUT2D eigenvalue weighted by Gasteiger charge is -2.18. The van der Waals surface area contributed by atoms with Crippen molar-refractivity contribution in [1.82, 2.24) is 9.13 Å². The van der Waals surface area contributed by atoms with Gasteiger partial charge in [0.1, 0.15) is 0 Å². The van der Waals surface area contributed by atoms with Crippen molar-refractivity contribution in [3.63, 3.8) is 0 Å². The molecule has 0 aliphatic carbocycles. The molecule has 0 radical (unpaired) electrons. The number of hydrogen-bond donors (Lipinski definition) is 0. The molecule has 8 rings (SSSR count). The first kappa shape index (κ1) is 22.0. The minimum absolute atomic E-state index is 1.19. The molecule has 2 nitrogen and oxygen atoms in total. The van der Waals surface area contributed by atoms with E-state index in [0.29, 0.717) is 0 Å². The molecule has 0 amide bonds. The predicted octanol–water partition coefficient (Wildman–Crippen LogP) is 9.86. The largest absolute Gasteiger partial charge is 0.309 e. The molecule has 0 aliphatic heterocycles. The van der Waals surface area contributed by atoms with Gasteiger partial charge in [-0.2, -0.15) is 0 Å². The third-order valence-corrected chi connectivity index (χ3v) is 8.14. The summed E-state index contributed by atoms with van der Waals surface area (Å²) in [5, 5.41) is 5.12. The summed E-state index contributed by atoms with van der Waals surface area (Å²) in [4.78, 5) is 0. The summed E-state index contributed by atoms with van der Waals surface area (Å²) in [6, 6.07) is 50.4. The van der Waals surface area contributed by atoms with Gasteiger partial charge in [-0.15, -0.1) is 0 Å². The fourth-order valence-electron chi connectivity index (χ4n) is 6.42.